The monoisotopic (exact) mass is 447 g/mol. The minimum Gasteiger partial charge on any atom is -0.492 e. The first-order chi connectivity index (χ1) is 14.7. The van der Waals surface area contributed by atoms with Crippen LogP contribution in [0, 0.1) is 6.92 Å². The molecule has 0 radical (unpaired) electrons. The highest BCUT2D eigenvalue weighted by atomic mass is 31.2. The third kappa shape index (κ3) is 7.44. The lowest BCUT2D eigenvalue weighted by Crippen LogP contribution is -2.33. The van der Waals surface area contributed by atoms with Gasteiger partial charge in [-0.2, -0.15) is 0 Å². The molecule has 3 atom stereocenters. The lowest BCUT2D eigenvalue weighted by atomic mass is 9.92. The molecule has 0 aromatic heterocycles. The summed E-state index contributed by atoms with van der Waals surface area (Å²) in [5, 5.41) is 22.5. The van der Waals surface area contributed by atoms with E-state index in [0.29, 0.717) is 26.0 Å². The zero-order valence-corrected chi connectivity index (χ0v) is 19.5. The molecule has 0 saturated carbocycles. The first-order valence-electron chi connectivity index (χ1n) is 10.8. The molecule has 3 rings (SSSR count). The summed E-state index contributed by atoms with van der Waals surface area (Å²) in [5.74, 6) is 0.790. The van der Waals surface area contributed by atoms with Crippen LogP contribution < -0.4 is 9.82 Å². The molecule has 1 saturated heterocycles. The van der Waals surface area contributed by atoms with Crippen molar-refractivity contribution >= 4 is 7.29 Å². The Morgan fingerprint density at radius 2 is 1.90 bits per heavy atom. The zero-order chi connectivity index (χ0) is 22.4. The molecule has 3 N–H and O–H groups in total. The Hall–Kier alpha value is -1.69. The van der Waals surface area contributed by atoms with Gasteiger partial charge >= 0.3 is 0 Å². The van der Waals surface area contributed by atoms with E-state index in [9.17, 15) is 14.8 Å². The standard InChI is InChI=1S/C24H34NO5P/c1-17-4-7-19(24-15-21(27)14-23(16-26)30-24)13-20(17)12-18-5-8-22(9-6-18)29-11-10-25-31(2,3)28/h4-9,13,21,23-24,26-27H,10-12,14-16H2,1-3H3,(H,25,28). The molecule has 1 fully saturated rings. The van der Waals surface area contributed by atoms with Crippen molar-refractivity contribution in [1.82, 2.24) is 5.09 Å². The fraction of sp³-hybridized carbons (Fsp3) is 0.500. The number of ether oxygens (including phenoxy) is 2. The van der Waals surface area contributed by atoms with Gasteiger partial charge in [-0.1, -0.05) is 30.3 Å². The van der Waals surface area contributed by atoms with Crippen LogP contribution in [0.5, 0.6) is 5.75 Å². The van der Waals surface area contributed by atoms with Crippen LogP contribution in [0.1, 0.15) is 41.2 Å². The van der Waals surface area contributed by atoms with Gasteiger partial charge in [-0.3, -0.25) is 5.09 Å². The van der Waals surface area contributed by atoms with E-state index in [1.165, 1.54) is 16.7 Å². The van der Waals surface area contributed by atoms with Crippen molar-refractivity contribution in [3.05, 3.63) is 64.7 Å². The first kappa shape index (κ1) is 24.0. The van der Waals surface area contributed by atoms with Crippen molar-refractivity contribution in [2.75, 3.05) is 33.1 Å². The largest absolute Gasteiger partial charge is 0.492 e. The van der Waals surface area contributed by atoms with Gasteiger partial charge in [0.2, 0.25) is 0 Å². The Bertz CT molecular complexity index is 895. The summed E-state index contributed by atoms with van der Waals surface area (Å²) in [5.41, 5.74) is 4.62. The van der Waals surface area contributed by atoms with Crippen LogP contribution in [0.25, 0.3) is 0 Å². The molecule has 170 valence electrons. The van der Waals surface area contributed by atoms with Gasteiger partial charge in [0.05, 0.1) is 24.9 Å². The molecule has 1 aliphatic rings. The minimum absolute atomic E-state index is 0.0764. The van der Waals surface area contributed by atoms with E-state index in [0.717, 1.165) is 17.7 Å². The summed E-state index contributed by atoms with van der Waals surface area (Å²) in [6.45, 7) is 6.43. The second kappa shape index (κ2) is 10.8. The number of hydrogen-bond acceptors (Lipinski definition) is 5. The third-order valence-electron chi connectivity index (χ3n) is 5.51. The average Bonchev–Trinajstić information content (AvgIpc) is 2.72. The van der Waals surface area contributed by atoms with Crippen LogP contribution in [0.4, 0.5) is 0 Å². The quantitative estimate of drug-likeness (QED) is 0.402. The van der Waals surface area contributed by atoms with Gasteiger partial charge in [-0.25, -0.2) is 0 Å². The van der Waals surface area contributed by atoms with Crippen LogP contribution in [0.3, 0.4) is 0 Å². The lowest BCUT2D eigenvalue weighted by molar-refractivity contribution is -0.113. The van der Waals surface area contributed by atoms with E-state index in [1.54, 1.807) is 13.3 Å². The topological polar surface area (TPSA) is 88.0 Å². The van der Waals surface area contributed by atoms with E-state index in [2.05, 4.69) is 36.3 Å². The number of benzene rings is 2. The van der Waals surface area contributed by atoms with Gasteiger partial charge in [-0.05, 0) is 47.7 Å². The summed E-state index contributed by atoms with van der Waals surface area (Å²) < 4.78 is 23.3. The normalized spacial score (nSPS) is 21.8. The van der Waals surface area contributed by atoms with E-state index in [1.807, 2.05) is 18.2 Å². The maximum Gasteiger partial charge on any atom is 0.142 e. The average molecular weight is 448 g/mol. The van der Waals surface area contributed by atoms with Crippen molar-refractivity contribution in [2.24, 2.45) is 0 Å². The molecule has 2 aromatic carbocycles. The molecule has 31 heavy (non-hydrogen) atoms. The number of aliphatic hydroxyl groups is 2. The van der Waals surface area contributed by atoms with Gasteiger partial charge < -0.3 is 24.3 Å². The highest BCUT2D eigenvalue weighted by Gasteiger charge is 2.29. The first-order valence-corrected chi connectivity index (χ1v) is 13.4. The lowest BCUT2D eigenvalue weighted by Gasteiger charge is -2.32. The minimum atomic E-state index is -2.23. The van der Waals surface area contributed by atoms with E-state index in [-0.39, 0.29) is 18.8 Å². The molecular weight excluding hydrogens is 413 g/mol. The molecule has 3 unspecified atom stereocenters. The van der Waals surface area contributed by atoms with Gasteiger partial charge in [0.1, 0.15) is 19.6 Å². The molecule has 1 aliphatic heterocycles. The predicted octanol–water partition coefficient (Wildman–Crippen LogP) is 3.67. The van der Waals surface area contributed by atoms with E-state index >= 15 is 0 Å². The molecule has 0 bridgehead atoms. The number of rotatable bonds is 9. The molecule has 0 spiro atoms. The van der Waals surface area contributed by atoms with Gasteiger partial charge in [0, 0.05) is 32.7 Å². The highest BCUT2D eigenvalue weighted by Crippen LogP contribution is 2.33. The summed E-state index contributed by atoms with van der Waals surface area (Å²) in [6.07, 6.45) is 0.839. The Balaban J connectivity index is 1.62. The number of aryl methyl sites for hydroxylation is 1. The van der Waals surface area contributed by atoms with Gasteiger partial charge in [0.25, 0.3) is 0 Å². The maximum absolute atomic E-state index is 11.6. The highest BCUT2D eigenvalue weighted by molar-refractivity contribution is 7.60. The predicted molar refractivity (Wildman–Crippen MR) is 123 cm³/mol. The molecule has 1 heterocycles. The van der Waals surface area contributed by atoms with Crippen molar-refractivity contribution < 1.29 is 24.3 Å². The number of hydrogen-bond donors (Lipinski definition) is 3. The molecule has 6 nitrogen and oxygen atoms in total. The molecule has 7 heteroatoms. The smallest absolute Gasteiger partial charge is 0.142 e. The summed E-state index contributed by atoms with van der Waals surface area (Å²) >= 11 is 0. The Morgan fingerprint density at radius 1 is 1.16 bits per heavy atom. The van der Waals surface area contributed by atoms with Crippen LogP contribution in [-0.4, -0.2) is 55.5 Å². The molecular formula is C24H34NO5P. The van der Waals surface area contributed by atoms with E-state index < -0.39 is 13.4 Å². The van der Waals surface area contributed by atoms with Crippen LogP contribution in [0.2, 0.25) is 0 Å². The summed E-state index contributed by atoms with van der Waals surface area (Å²) in [7, 11) is -2.23. The van der Waals surface area contributed by atoms with Crippen molar-refractivity contribution in [3.63, 3.8) is 0 Å². The second-order valence-corrected chi connectivity index (χ2v) is 11.7. The van der Waals surface area contributed by atoms with Gasteiger partial charge in [-0.15, -0.1) is 0 Å². The molecule has 0 amide bonds. The zero-order valence-electron chi connectivity index (χ0n) is 18.6. The third-order valence-corrected chi connectivity index (χ3v) is 6.49. The number of aliphatic hydroxyl groups excluding tert-OH is 2. The van der Waals surface area contributed by atoms with Crippen LogP contribution in [-0.2, 0) is 15.7 Å². The van der Waals surface area contributed by atoms with E-state index in [4.69, 9.17) is 9.47 Å². The van der Waals surface area contributed by atoms with Crippen LogP contribution >= 0.6 is 7.29 Å². The summed E-state index contributed by atoms with van der Waals surface area (Å²) in [4.78, 5) is 0. The fourth-order valence-electron chi connectivity index (χ4n) is 3.81. The summed E-state index contributed by atoms with van der Waals surface area (Å²) in [6, 6.07) is 14.3. The Morgan fingerprint density at radius 3 is 2.58 bits per heavy atom. The SMILES string of the molecule is Cc1ccc(C2CC(O)CC(CO)O2)cc1Cc1ccc(OCCNP(C)(C)=O)cc1. The molecule has 2 aromatic rings. The van der Waals surface area contributed by atoms with Crippen molar-refractivity contribution in [1.29, 1.82) is 0 Å². The van der Waals surface area contributed by atoms with Crippen molar-refractivity contribution in [3.8, 4) is 5.75 Å². The molecule has 0 aliphatic carbocycles. The Kier molecular flexibility index (Phi) is 8.31. The van der Waals surface area contributed by atoms with Crippen LogP contribution in [0.15, 0.2) is 42.5 Å². The maximum atomic E-state index is 11.6. The van der Waals surface area contributed by atoms with Crippen molar-refractivity contribution in [2.45, 2.75) is 44.5 Å². The van der Waals surface area contributed by atoms with Gasteiger partial charge in [0.15, 0.2) is 0 Å². The number of nitrogens with one attached hydrogen (secondary N) is 1. The fourth-order valence-corrected chi connectivity index (χ4v) is 4.44. The Labute approximate surface area is 185 Å². The second-order valence-electron chi connectivity index (χ2n) is 8.67.